The standard InChI is InChI=1S/C25H20N10/c26-14-12-35(13-14)23-11-28-10-22(31-23)18-4-5-19-24(32-18)25(34-33-19)20-7-15-16(8-27-9-21(15)30-20)17-3-1-2-6-29-17/h1-11,14,30H,12-13,26H2,(H,33,34). The predicted octanol–water partition coefficient (Wildman–Crippen LogP) is 3.17. The number of nitrogens with zero attached hydrogens (tertiary/aromatic N) is 7. The van der Waals surface area contributed by atoms with Crippen LogP contribution in [0.25, 0.3) is 56.0 Å². The minimum atomic E-state index is 0.188. The summed E-state index contributed by atoms with van der Waals surface area (Å²) in [4.78, 5) is 28.5. The number of hydrogen-bond donors (Lipinski definition) is 3. The number of aromatic amines is 2. The van der Waals surface area contributed by atoms with Crippen LogP contribution < -0.4 is 10.6 Å². The second-order valence-electron chi connectivity index (χ2n) is 8.64. The Kier molecular flexibility index (Phi) is 4.33. The summed E-state index contributed by atoms with van der Waals surface area (Å²) in [5, 5.41) is 8.67. The summed E-state index contributed by atoms with van der Waals surface area (Å²) in [5.74, 6) is 0.809. The SMILES string of the molecule is NC1CN(c2cncc(-c3ccc4[nH]nc(-c5cc6c(-c7ccccn7)cncc6[nH]5)c4n3)n2)C1. The molecule has 7 rings (SSSR count). The number of nitrogens with one attached hydrogen (secondary N) is 2. The van der Waals surface area contributed by atoms with Crippen LogP contribution >= 0.6 is 0 Å². The zero-order chi connectivity index (χ0) is 23.4. The van der Waals surface area contributed by atoms with E-state index in [1.54, 1.807) is 18.6 Å². The van der Waals surface area contributed by atoms with Gasteiger partial charge in [0, 0.05) is 42.5 Å². The monoisotopic (exact) mass is 460 g/mol. The molecule has 0 saturated carbocycles. The van der Waals surface area contributed by atoms with Crippen molar-refractivity contribution in [2.24, 2.45) is 5.73 Å². The van der Waals surface area contributed by atoms with Crippen molar-refractivity contribution in [2.45, 2.75) is 6.04 Å². The summed E-state index contributed by atoms with van der Waals surface area (Å²) >= 11 is 0. The van der Waals surface area contributed by atoms with Gasteiger partial charge in [-0.3, -0.25) is 20.1 Å². The first-order chi connectivity index (χ1) is 17.2. The third kappa shape index (κ3) is 3.30. The first-order valence-corrected chi connectivity index (χ1v) is 11.3. The molecule has 1 aliphatic rings. The maximum absolute atomic E-state index is 5.93. The van der Waals surface area contributed by atoms with E-state index in [-0.39, 0.29) is 6.04 Å². The van der Waals surface area contributed by atoms with Crippen LogP contribution in [0.15, 0.2) is 67.4 Å². The maximum atomic E-state index is 5.93. The summed E-state index contributed by atoms with van der Waals surface area (Å²) in [5.41, 5.74) is 13.2. The van der Waals surface area contributed by atoms with Crippen molar-refractivity contribution in [3.05, 3.63) is 67.4 Å². The van der Waals surface area contributed by atoms with E-state index in [2.05, 4.69) is 41.1 Å². The Labute approximate surface area is 199 Å². The molecule has 0 atom stereocenters. The second-order valence-corrected chi connectivity index (χ2v) is 8.64. The Morgan fingerprint density at radius 3 is 2.66 bits per heavy atom. The average Bonchev–Trinajstić information content (AvgIpc) is 3.51. The van der Waals surface area contributed by atoms with Crippen LogP contribution in [0, 0.1) is 0 Å². The maximum Gasteiger partial charge on any atom is 0.147 e. The molecule has 170 valence electrons. The normalized spacial score (nSPS) is 14.0. The van der Waals surface area contributed by atoms with Gasteiger partial charge in [-0.05, 0) is 30.3 Å². The summed E-state index contributed by atoms with van der Waals surface area (Å²) in [7, 11) is 0. The number of fused-ring (bicyclic) bond motifs is 2. The Balaban J connectivity index is 1.31. The first kappa shape index (κ1) is 19.7. The second kappa shape index (κ2) is 7.67. The molecule has 10 nitrogen and oxygen atoms in total. The summed E-state index contributed by atoms with van der Waals surface area (Å²) in [6.45, 7) is 1.57. The lowest BCUT2D eigenvalue weighted by Gasteiger charge is -2.37. The number of aromatic nitrogens is 8. The van der Waals surface area contributed by atoms with Crippen molar-refractivity contribution in [1.82, 2.24) is 40.1 Å². The van der Waals surface area contributed by atoms with Crippen LogP contribution in [0.3, 0.4) is 0 Å². The van der Waals surface area contributed by atoms with Gasteiger partial charge in [-0.2, -0.15) is 5.10 Å². The number of H-pyrrole nitrogens is 2. The molecule has 0 bridgehead atoms. The van der Waals surface area contributed by atoms with Gasteiger partial charge in [0.15, 0.2) is 0 Å². The van der Waals surface area contributed by atoms with Crippen LogP contribution in [-0.4, -0.2) is 59.2 Å². The molecule has 0 spiro atoms. The van der Waals surface area contributed by atoms with Crippen LogP contribution in [0.5, 0.6) is 0 Å². The largest absolute Gasteiger partial charge is 0.352 e. The minimum Gasteiger partial charge on any atom is -0.352 e. The van der Waals surface area contributed by atoms with E-state index in [9.17, 15) is 0 Å². The fraction of sp³-hybridized carbons (Fsp3) is 0.120. The van der Waals surface area contributed by atoms with E-state index in [1.165, 1.54) is 0 Å². The first-order valence-electron chi connectivity index (χ1n) is 11.3. The summed E-state index contributed by atoms with van der Waals surface area (Å²) < 4.78 is 0. The van der Waals surface area contributed by atoms with Gasteiger partial charge >= 0.3 is 0 Å². The lowest BCUT2D eigenvalue weighted by atomic mass is 10.1. The molecule has 6 aromatic heterocycles. The van der Waals surface area contributed by atoms with Gasteiger partial charge in [0.25, 0.3) is 0 Å². The fourth-order valence-corrected chi connectivity index (χ4v) is 4.47. The van der Waals surface area contributed by atoms with E-state index in [1.807, 2.05) is 42.7 Å². The van der Waals surface area contributed by atoms with Gasteiger partial charge in [-0.1, -0.05) is 6.07 Å². The quantitative estimate of drug-likeness (QED) is 0.365. The molecule has 0 amide bonds. The Morgan fingerprint density at radius 1 is 0.886 bits per heavy atom. The van der Waals surface area contributed by atoms with Crippen LogP contribution in [0.1, 0.15) is 0 Å². The highest BCUT2D eigenvalue weighted by Gasteiger charge is 2.25. The number of pyridine rings is 3. The molecule has 0 aromatic carbocycles. The molecule has 4 N–H and O–H groups in total. The van der Waals surface area contributed by atoms with E-state index < -0.39 is 0 Å². The molecular formula is C25H20N10. The van der Waals surface area contributed by atoms with Crippen LogP contribution in [0.2, 0.25) is 0 Å². The number of rotatable bonds is 4. The predicted molar refractivity (Wildman–Crippen MR) is 133 cm³/mol. The molecule has 1 aliphatic heterocycles. The molecule has 6 aromatic rings. The van der Waals surface area contributed by atoms with Gasteiger partial charge in [-0.25, -0.2) is 9.97 Å². The fourth-order valence-electron chi connectivity index (χ4n) is 4.47. The van der Waals surface area contributed by atoms with Crippen LogP contribution in [-0.2, 0) is 0 Å². The van der Waals surface area contributed by atoms with Gasteiger partial charge in [0.1, 0.15) is 22.7 Å². The number of hydrogen-bond acceptors (Lipinski definition) is 8. The topological polar surface area (TPSA) is 138 Å². The van der Waals surface area contributed by atoms with Gasteiger partial charge in [0.2, 0.25) is 0 Å². The average molecular weight is 461 g/mol. The third-order valence-corrected chi connectivity index (χ3v) is 6.27. The molecule has 7 heterocycles. The Hall–Kier alpha value is -4.70. The molecule has 0 unspecified atom stereocenters. The number of nitrogens with two attached hydrogens (primary N) is 1. The van der Waals surface area contributed by atoms with Crippen molar-refractivity contribution in [3.63, 3.8) is 0 Å². The van der Waals surface area contributed by atoms with Gasteiger partial charge < -0.3 is 15.6 Å². The van der Waals surface area contributed by atoms with E-state index >= 15 is 0 Å². The van der Waals surface area contributed by atoms with Crippen molar-refractivity contribution in [3.8, 4) is 34.0 Å². The lowest BCUT2D eigenvalue weighted by Crippen LogP contribution is -2.56. The molecule has 1 saturated heterocycles. The van der Waals surface area contributed by atoms with Crippen molar-refractivity contribution in [2.75, 3.05) is 18.0 Å². The van der Waals surface area contributed by atoms with Gasteiger partial charge in [-0.15, -0.1) is 0 Å². The Bertz CT molecular complexity index is 1680. The highest BCUT2D eigenvalue weighted by molar-refractivity contribution is 5.99. The molecule has 0 radical (unpaired) electrons. The highest BCUT2D eigenvalue weighted by Crippen LogP contribution is 2.33. The van der Waals surface area contributed by atoms with Gasteiger partial charge in [0.05, 0.1) is 46.7 Å². The number of anilines is 1. The third-order valence-electron chi connectivity index (χ3n) is 6.27. The molecule has 35 heavy (non-hydrogen) atoms. The lowest BCUT2D eigenvalue weighted by molar-refractivity contribution is 0.514. The van der Waals surface area contributed by atoms with Crippen molar-refractivity contribution < 1.29 is 0 Å². The van der Waals surface area contributed by atoms with E-state index in [0.29, 0.717) is 5.69 Å². The zero-order valence-corrected chi connectivity index (χ0v) is 18.6. The molecule has 0 aliphatic carbocycles. The summed E-state index contributed by atoms with van der Waals surface area (Å²) in [6, 6.07) is 12.0. The van der Waals surface area contributed by atoms with Crippen LogP contribution in [0.4, 0.5) is 5.82 Å². The molecule has 1 fully saturated rings. The van der Waals surface area contributed by atoms with Crippen molar-refractivity contribution in [1.29, 1.82) is 0 Å². The minimum absolute atomic E-state index is 0.188. The summed E-state index contributed by atoms with van der Waals surface area (Å²) in [6.07, 6.45) is 8.90. The molecule has 10 heteroatoms. The highest BCUT2D eigenvalue weighted by atomic mass is 15.3. The Morgan fingerprint density at radius 2 is 1.80 bits per heavy atom. The molecular weight excluding hydrogens is 440 g/mol. The zero-order valence-electron chi connectivity index (χ0n) is 18.6. The van der Waals surface area contributed by atoms with Crippen molar-refractivity contribution >= 4 is 27.8 Å². The van der Waals surface area contributed by atoms with E-state index in [4.69, 9.17) is 15.7 Å². The smallest absolute Gasteiger partial charge is 0.147 e. The van der Waals surface area contributed by atoms with E-state index in [0.717, 1.165) is 69.2 Å².